The van der Waals surface area contributed by atoms with Crippen LogP contribution in [0.5, 0.6) is 0 Å². The molecule has 0 amide bonds. The second-order valence-corrected chi connectivity index (χ2v) is 6.15. The molecule has 1 aromatic heterocycles. The van der Waals surface area contributed by atoms with Gasteiger partial charge in [0.2, 0.25) is 0 Å². The van der Waals surface area contributed by atoms with Gasteiger partial charge in [-0.25, -0.2) is 9.97 Å². The zero-order valence-corrected chi connectivity index (χ0v) is 13.6. The fraction of sp³-hybridized carbons (Fsp3) is 0.412. The minimum Gasteiger partial charge on any atom is -0.369 e. The predicted molar refractivity (Wildman–Crippen MR) is 91.3 cm³/mol. The first kappa shape index (κ1) is 15.3. The number of anilines is 1. The van der Waals surface area contributed by atoms with Crippen LogP contribution in [0.1, 0.15) is 25.5 Å². The van der Waals surface area contributed by atoms with E-state index in [1.165, 1.54) is 0 Å². The second kappa shape index (κ2) is 6.63. The third-order valence-electron chi connectivity index (χ3n) is 4.14. The van der Waals surface area contributed by atoms with Gasteiger partial charge in [-0.15, -0.1) is 0 Å². The molecular weight excluding hydrogens is 296 g/mol. The molecule has 0 atom stereocenters. The normalized spacial score (nSPS) is 16.0. The Labute approximate surface area is 136 Å². The molecule has 0 radical (unpaired) electrons. The van der Waals surface area contributed by atoms with E-state index in [1.807, 2.05) is 30.5 Å². The van der Waals surface area contributed by atoms with Gasteiger partial charge < -0.3 is 10.6 Å². The third-order valence-corrected chi connectivity index (χ3v) is 4.38. The van der Waals surface area contributed by atoms with Crippen LogP contribution < -0.4 is 10.6 Å². The van der Waals surface area contributed by atoms with E-state index < -0.39 is 0 Å². The van der Waals surface area contributed by atoms with E-state index in [1.54, 1.807) is 0 Å². The zero-order chi connectivity index (χ0) is 15.5. The van der Waals surface area contributed by atoms with Crippen LogP contribution in [0.15, 0.2) is 30.5 Å². The van der Waals surface area contributed by atoms with Crippen molar-refractivity contribution in [2.75, 3.05) is 18.0 Å². The molecule has 1 aromatic carbocycles. The SMILES string of the molecule is CCc1nc(-c2cccc(Cl)c2)ncc1N1CCC(N)CC1. The van der Waals surface area contributed by atoms with Crippen LogP contribution in [0.25, 0.3) is 11.4 Å². The Morgan fingerprint density at radius 2 is 2.09 bits per heavy atom. The van der Waals surface area contributed by atoms with Crippen molar-refractivity contribution in [1.29, 1.82) is 0 Å². The lowest BCUT2D eigenvalue weighted by atomic mass is 10.1. The van der Waals surface area contributed by atoms with Gasteiger partial charge in [-0.2, -0.15) is 0 Å². The summed E-state index contributed by atoms with van der Waals surface area (Å²) in [6.07, 6.45) is 4.88. The van der Waals surface area contributed by atoms with Gasteiger partial charge in [0, 0.05) is 29.7 Å². The van der Waals surface area contributed by atoms with Crippen molar-refractivity contribution in [3.63, 3.8) is 0 Å². The van der Waals surface area contributed by atoms with Gasteiger partial charge in [-0.3, -0.25) is 0 Å². The number of nitrogens with two attached hydrogens (primary N) is 1. The molecule has 0 spiro atoms. The molecule has 4 nitrogen and oxygen atoms in total. The van der Waals surface area contributed by atoms with Gasteiger partial charge in [0.1, 0.15) is 0 Å². The highest BCUT2D eigenvalue weighted by Crippen LogP contribution is 2.26. The lowest BCUT2D eigenvalue weighted by Crippen LogP contribution is -2.40. The second-order valence-electron chi connectivity index (χ2n) is 5.71. The maximum absolute atomic E-state index is 6.06. The van der Waals surface area contributed by atoms with E-state index in [2.05, 4.69) is 16.8 Å². The van der Waals surface area contributed by atoms with E-state index in [0.717, 1.165) is 55.1 Å². The van der Waals surface area contributed by atoms with Crippen LogP contribution in [0.4, 0.5) is 5.69 Å². The van der Waals surface area contributed by atoms with Crippen molar-refractivity contribution < 1.29 is 0 Å². The maximum atomic E-state index is 6.06. The van der Waals surface area contributed by atoms with Gasteiger partial charge >= 0.3 is 0 Å². The molecule has 0 saturated carbocycles. The van der Waals surface area contributed by atoms with Gasteiger partial charge in [-0.05, 0) is 31.4 Å². The fourth-order valence-electron chi connectivity index (χ4n) is 2.84. The van der Waals surface area contributed by atoms with E-state index >= 15 is 0 Å². The number of benzene rings is 1. The zero-order valence-electron chi connectivity index (χ0n) is 12.8. The summed E-state index contributed by atoms with van der Waals surface area (Å²) < 4.78 is 0. The first-order valence-corrected chi connectivity index (χ1v) is 8.17. The van der Waals surface area contributed by atoms with Crippen molar-refractivity contribution in [2.24, 2.45) is 5.73 Å². The van der Waals surface area contributed by atoms with E-state index in [0.29, 0.717) is 11.1 Å². The summed E-state index contributed by atoms with van der Waals surface area (Å²) in [7, 11) is 0. The van der Waals surface area contributed by atoms with E-state index in [4.69, 9.17) is 22.3 Å². The van der Waals surface area contributed by atoms with Crippen LogP contribution in [-0.4, -0.2) is 29.1 Å². The number of halogens is 1. The third kappa shape index (κ3) is 3.23. The Balaban J connectivity index is 1.91. The summed E-state index contributed by atoms with van der Waals surface area (Å²) in [6, 6.07) is 7.99. The van der Waals surface area contributed by atoms with Crippen LogP contribution in [0.3, 0.4) is 0 Å². The average Bonchev–Trinajstić information content (AvgIpc) is 2.55. The number of nitrogens with zero attached hydrogens (tertiary/aromatic N) is 3. The van der Waals surface area contributed by atoms with Gasteiger partial charge in [-0.1, -0.05) is 30.7 Å². The molecule has 0 aliphatic carbocycles. The fourth-order valence-corrected chi connectivity index (χ4v) is 3.03. The summed E-state index contributed by atoms with van der Waals surface area (Å²) in [5.74, 6) is 0.733. The molecule has 1 aliphatic rings. The van der Waals surface area contributed by atoms with Gasteiger partial charge in [0.15, 0.2) is 5.82 Å². The lowest BCUT2D eigenvalue weighted by Gasteiger charge is -2.32. The molecule has 1 fully saturated rings. The first-order chi connectivity index (χ1) is 10.7. The number of rotatable bonds is 3. The number of hydrogen-bond acceptors (Lipinski definition) is 4. The highest BCUT2D eigenvalue weighted by atomic mass is 35.5. The van der Waals surface area contributed by atoms with Crippen LogP contribution in [0, 0.1) is 0 Å². The Kier molecular flexibility index (Phi) is 4.60. The van der Waals surface area contributed by atoms with Crippen molar-refractivity contribution in [3.8, 4) is 11.4 Å². The summed E-state index contributed by atoms with van der Waals surface area (Å²) in [5.41, 5.74) is 9.17. The molecule has 3 rings (SSSR count). The molecule has 0 unspecified atom stereocenters. The smallest absolute Gasteiger partial charge is 0.159 e. The summed E-state index contributed by atoms with van der Waals surface area (Å²) in [6.45, 7) is 4.09. The van der Waals surface area contributed by atoms with Gasteiger partial charge in [0.25, 0.3) is 0 Å². The van der Waals surface area contributed by atoms with Crippen molar-refractivity contribution in [2.45, 2.75) is 32.2 Å². The molecule has 2 heterocycles. The Morgan fingerprint density at radius 1 is 1.32 bits per heavy atom. The molecule has 22 heavy (non-hydrogen) atoms. The number of hydrogen-bond donors (Lipinski definition) is 1. The number of piperidine rings is 1. The summed E-state index contributed by atoms with van der Waals surface area (Å²) in [4.78, 5) is 11.7. The number of aromatic nitrogens is 2. The molecular formula is C17H21ClN4. The Hall–Kier alpha value is -1.65. The standard InChI is InChI=1S/C17H21ClN4/c1-2-15-16(22-8-6-14(19)7-9-22)11-20-17(21-15)12-4-3-5-13(18)10-12/h3-5,10-11,14H,2,6-9,19H2,1H3. The number of aryl methyl sites for hydroxylation is 1. The van der Waals surface area contributed by atoms with Crippen LogP contribution in [0.2, 0.25) is 5.02 Å². The quantitative estimate of drug-likeness (QED) is 0.944. The summed E-state index contributed by atoms with van der Waals surface area (Å²) >= 11 is 6.06. The molecule has 2 aromatic rings. The van der Waals surface area contributed by atoms with Gasteiger partial charge in [0.05, 0.1) is 17.6 Å². The maximum Gasteiger partial charge on any atom is 0.159 e. The van der Waals surface area contributed by atoms with Crippen LogP contribution >= 0.6 is 11.6 Å². The average molecular weight is 317 g/mol. The van der Waals surface area contributed by atoms with E-state index in [9.17, 15) is 0 Å². The molecule has 1 aliphatic heterocycles. The lowest BCUT2D eigenvalue weighted by molar-refractivity contribution is 0.499. The minimum atomic E-state index is 0.327. The Bertz CT molecular complexity index is 651. The highest BCUT2D eigenvalue weighted by Gasteiger charge is 2.19. The molecule has 1 saturated heterocycles. The van der Waals surface area contributed by atoms with Crippen molar-refractivity contribution in [3.05, 3.63) is 41.2 Å². The van der Waals surface area contributed by atoms with Crippen molar-refractivity contribution in [1.82, 2.24) is 9.97 Å². The first-order valence-electron chi connectivity index (χ1n) is 7.79. The Morgan fingerprint density at radius 3 is 2.77 bits per heavy atom. The minimum absolute atomic E-state index is 0.327. The highest BCUT2D eigenvalue weighted by molar-refractivity contribution is 6.30. The predicted octanol–water partition coefficient (Wildman–Crippen LogP) is 3.29. The molecule has 116 valence electrons. The van der Waals surface area contributed by atoms with Crippen LogP contribution in [-0.2, 0) is 6.42 Å². The molecule has 0 bridgehead atoms. The van der Waals surface area contributed by atoms with Crippen molar-refractivity contribution >= 4 is 17.3 Å². The topological polar surface area (TPSA) is 55.0 Å². The van der Waals surface area contributed by atoms with E-state index in [-0.39, 0.29) is 0 Å². The monoisotopic (exact) mass is 316 g/mol. The largest absolute Gasteiger partial charge is 0.369 e. The molecule has 2 N–H and O–H groups in total. The summed E-state index contributed by atoms with van der Waals surface area (Å²) in [5, 5.41) is 0.702. The molecule has 5 heteroatoms.